The van der Waals surface area contributed by atoms with Crippen molar-refractivity contribution in [2.45, 2.75) is 44.8 Å². The molecule has 0 aromatic heterocycles. The first-order chi connectivity index (χ1) is 14.7. The fraction of sp³-hybridized carbons (Fsp3) is 0.545. The molecule has 9 heteroatoms. The summed E-state index contributed by atoms with van der Waals surface area (Å²) >= 11 is 0. The van der Waals surface area contributed by atoms with Gasteiger partial charge in [-0.05, 0) is 31.9 Å². The first kappa shape index (κ1) is 21.6. The van der Waals surface area contributed by atoms with E-state index in [0.717, 1.165) is 36.6 Å². The number of piperazine rings is 1. The molecule has 1 atom stereocenters. The van der Waals surface area contributed by atoms with Gasteiger partial charge in [-0.25, -0.2) is 0 Å². The van der Waals surface area contributed by atoms with Gasteiger partial charge in [0.2, 0.25) is 11.8 Å². The second-order valence-electron chi connectivity index (χ2n) is 9.09. The number of carbonyl (C=O) groups excluding carboxylic acids is 4. The van der Waals surface area contributed by atoms with Crippen molar-refractivity contribution in [3.63, 3.8) is 0 Å². The second-order valence-corrected chi connectivity index (χ2v) is 9.09. The summed E-state index contributed by atoms with van der Waals surface area (Å²) in [5.41, 5.74) is 7.07. The molecule has 0 aliphatic carbocycles. The zero-order valence-electron chi connectivity index (χ0n) is 18.0. The minimum atomic E-state index is -0.950. The van der Waals surface area contributed by atoms with E-state index in [2.05, 4.69) is 29.0 Å². The number of hydrogen-bond donors (Lipinski definition) is 2. The standard InChI is InChI=1S/C22H29N5O4/c1-22(2)13-25(9-8-23)10-11-26(22)12-14-4-3-5-15-18(14)21(31)27(20(15)30)16-6-7-17(28)24-19(16)29/h3-5,16H,6-13,23H2,1-2H3,(H,24,28,29). The van der Waals surface area contributed by atoms with Crippen molar-refractivity contribution in [1.29, 1.82) is 0 Å². The third kappa shape index (κ3) is 3.88. The SMILES string of the molecule is CC1(C)CN(CCN)CCN1Cc1cccc2c1C(=O)N(C1CCC(=O)NC1=O)C2=O. The van der Waals surface area contributed by atoms with E-state index in [1.54, 1.807) is 12.1 Å². The Labute approximate surface area is 181 Å². The summed E-state index contributed by atoms with van der Waals surface area (Å²) in [6.45, 7) is 8.94. The molecular formula is C22H29N5O4. The Kier molecular flexibility index (Phi) is 5.67. The number of piperidine rings is 1. The number of nitrogens with zero attached hydrogens (tertiary/aromatic N) is 3. The van der Waals surface area contributed by atoms with Gasteiger partial charge < -0.3 is 5.73 Å². The summed E-state index contributed by atoms with van der Waals surface area (Å²) in [5.74, 6) is -1.90. The van der Waals surface area contributed by atoms with Gasteiger partial charge in [0.1, 0.15) is 6.04 Å². The molecule has 3 N–H and O–H groups in total. The number of benzene rings is 1. The van der Waals surface area contributed by atoms with Crippen molar-refractivity contribution >= 4 is 23.6 Å². The molecular weight excluding hydrogens is 398 g/mol. The molecule has 2 fully saturated rings. The van der Waals surface area contributed by atoms with Gasteiger partial charge in [0, 0.05) is 51.2 Å². The topological polar surface area (TPSA) is 116 Å². The number of rotatable bonds is 5. The van der Waals surface area contributed by atoms with Crippen LogP contribution in [0.1, 0.15) is 53.0 Å². The minimum Gasteiger partial charge on any atom is -0.329 e. The summed E-state index contributed by atoms with van der Waals surface area (Å²) in [7, 11) is 0. The van der Waals surface area contributed by atoms with Crippen molar-refractivity contribution in [3.8, 4) is 0 Å². The van der Waals surface area contributed by atoms with Gasteiger partial charge in [-0.3, -0.25) is 39.2 Å². The van der Waals surface area contributed by atoms with Crippen LogP contribution in [0.3, 0.4) is 0 Å². The van der Waals surface area contributed by atoms with Crippen LogP contribution in [0.5, 0.6) is 0 Å². The minimum absolute atomic E-state index is 0.109. The van der Waals surface area contributed by atoms with Crippen molar-refractivity contribution in [2.24, 2.45) is 5.73 Å². The predicted octanol–water partition coefficient (Wildman–Crippen LogP) is -0.0573. The van der Waals surface area contributed by atoms with Crippen molar-refractivity contribution in [2.75, 3.05) is 32.7 Å². The maximum Gasteiger partial charge on any atom is 0.262 e. The van der Waals surface area contributed by atoms with Crippen LogP contribution in [0.25, 0.3) is 0 Å². The highest BCUT2D eigenvalue weighted by molar-refractivity contribution is 6.24. The molecule has 3 aliphatic rings. The highest BCUT2D eigenvalue weighted by Gasteiger charge is 2.46. The highest BCUT2D eigenvalue weighted by atomic mass is 16.2. The monoisotopic (exact) mass is 427 g/mol. The number of fused-ring (bicyclic) bond motifs is 1. The summed E-state index contributed by atoms with van der Waals surface area (Å²) in [4.78, 5) is 55.8. The molecule has 0 spiro atoms. The van der Waals surface area contributed by atoms with Gasteiger partial charge in [0.15, 0.2) is 0 Å². The van der Waals surface area contributed by atoms with Crippen molar-refractivity contribution < 1.29 is 19.2 Å². The molecule has 1 unspecified atom stereocenters. The maximum atomic E-state index is 13.3. The molecule has 3 aliphatic heterocycles. The first-order valence-corrected chi connectivity index (χ1v) is 10.7. The highest BCUT2D eigenvalue weighted by Crippen LogP contribution is 2.32. The fourth-order valence-electron chi connectivity index (χ4n) is 4.88. The van der Waals surface area contributed by atoms with E-state index in [1.807, 2.05) is 6.07 Å². The maximum absolute atomic E-state index is 13.3. The van der Waals surface area contributed by atoms with Crippen LogP contribution in [-0.4, -0.2) is 82.6 Å². The quantitative estimate of drug-likeness (QED) is 0.633. The fourth-order valence-corrected chi connectivity index (χ4v) is 4.88. The third-order valence-corrected chi connectivity index (χ3v) is 6.51. The average molecular weight is 428 g/mol. The van der Waals surface area contributed by atoms with Gasteiger partial charge in [0.05, 0.1) is 11.1 Å². The van der Waals surface area contributed by atoms with Gasteiger partial charge in [-0.2, -0.15) is 0 Å². The smallest absolute Gasteiger partial charge is 0.262 e. The molecule has 166 valence electrons. The van der Waals surface area contributed by atoms with Crippen LogP contribution in [0, 0.1) is 0 Å². The Morgan fingerprint density at radius 2 is 1.90 bits per heavy atom. The van der Waals surface area contributed by atoms with Crippen LogP contribution >= 0.6 is 0 Å². The molecule has 1 aromatic rings. The molecule has 31 heavy (non-hydrogen) atoms. The predicted molar refractivity (Wildman–Crippen MR) is 113 cm³/mol. The van der Waals surface area contributed by atoms with Gasteiger partial charge in [0.25, 0.3) is 11.8 Å². The lowest BCUT2D eigenvalue weighted by atomic mass is 9.95. The van der Waals surface area contributed by atoms with Crippen LogP contribution in [0.15, 0.2) is 18.2 Å². The van der Waals surface area contributed by atoms with Gasteiger partial charge >= 0.3 is 0 Å². The van der Waals surface area contributed by atoms with Crippen molar-refractivity contribution in [1.82, 2.24) is 20.0 Å². The second kappa shape index (κ2) is 8.14. The zero-order chi connectivity index (χ0) is 22.3. The summed E-state index contributed by atoms with van der Waals surface area (Å²) < 4.78 is 0. The Morgan fingerprint density at radius 3 is 2.58 bits per heavy atom. The lowest BCUT2D eigenvalue weighted by Crippen LogP contribution is -2.59. The molecule has 4 amide bonds. The number of nitrogens with two attached hydrogens (primary N) is 1. The van der Waals surface area contributed by atoms with Crippen molar-refractivity contribution in [3.05, 3.63) is 34.9 Å². The van der Waals surface area contributed by atoms with Crippen LogP contribution in [0.2, 0.25) is 0 Å². The average Bonchev–Trinajstić information content (AvgIpc) is 2.96. The molecule has 3 heterocycles. The summed E-state index contributed by atoms with van der Waals surface area (Å²) in [5, 5.41) is 2.23. The van der Waals surface area contributed by atoms with Gasteiger partial charge in [-0.15, -0.1) is 0 Å². The van der Waals surface area contributed by atoms with E-state index in [9.17, 15) is 19.2 Å². The lowest BCUT2D eigenvalue weighted by Gasteiger charge is -2.47. The lowest BCUT2D eigenvalue weighted by molar-refractivity contribution is -0.136. The van der Waals surface area contributed by atoms with Crippen LogP contribution in [-0.2, 0) is 16.1 Å². The first-order valence-electron chi connectivity index (χ1n) is 10.7. The van der Waals surface area contributed by atoms with E-state index in [4.69, 9.17) is 5.73 Å². The molecule has 0 bridgehead atoms. The molecule has 0 saturated carbocycles. The Bertz CT molecular complexity index is 944. The van der Waals surface area contributed by atoms with Crippen LogP contribution in [0.4, 0.5) is 0 Å². The molecule has 1 aromatic carbocycles. The molecule has 0 radical (unpaired) electrons. The summed E-state index contributed by atoms with van der Waals surface area (Å²) in [6, 6.07) is 4.34. The molecule has 4 rings (SSSR count). The number of imide groups is 2. The molecule has 9 nitrogen and oxygen atoms in total. The Hall–Kier alpha value is -2.62. The van der Waals surface area contributed by atoms with Gasteiger partial charge in [-0.1, -0.05) is 12.1 Å². The van der Waals surface area contributed by atoms with E-state index < -0.39 is 23.8 Å². The Balaban J connectivity index is 1.58. The number of carbonyl (C=O) groups is 4. The number of nitrogens with one attached hydrogen (secondary N) is 1. The largest absolute Gasteiger partial charge is 0.329 e. The number of hydrogen-bond acceptors (Lipinski definition) is 7. The summed E-state index contributed by atoms with van der Waals surface area (Å²) in [6.07, 6.45) is 0.263. The van der Waals surface area contributed by atoms with E-state index in [1.165, 1.54) is 0 Å². The Morgan fingerprint density at radius 1 is 1.13 bits per heavy atom. The van der Waals surface area contributed by atoms with E-state index in [-0.39, 0.29) is 24.3 Å². The number of amides is 4. The normalized spacial score (nSPS) is 24.5. The zero-order valence-corrected chi connectivity index (χ0v) is 18.0. The van der Waals surface area contributed by atoms with Crippen LogP contribution < -0.4 is 11.1 Å². The third-order valence-electron chi connectivity index (χ3n) is 6.51. The van der Waals surface area contributed by atoms with E-state index >= 15 is 0 Å². The van der Waals surface area contributed by atoms with E-state index in [0.29, 0.717) is 24.2 Å². The molecule has 2 saturated heterocycles.